The Balaban J connectivity index is 1.41. The van der Waals surface area contributed by atoms with E-state index in [1.807, 2.05) is 39.8 Å². The number of hydrogen-bond acceptors (Lipinski definition) is 5. The molecule has 1 N–H and O–H groups in total. The van der Waals surface area contributed by atoms with Crippen LogP contribution in [0.3, 0.4) is 0 Å². The van der Waals surface area contributed by atoms with Crippen molar-refractivity contribution >= 4 is 6.09 Å². The van der Waals surface area contributed by atoms with E-state index in [1.165, 1.54) is 6.07 Å². The van der Waals surface area contributed by atoms with Gasteiger partial charge in [0.2, 0.25) is 0 Å². The van der Waals surface area contributed by atoms with E-state index in [0.29, 0.717) is 29.4 Å². The number of ether oxygens (including phenoxy) is 3. The molecule has 0 aromatic heterocycles. The molecule has 4 aliphatic rings. The number of piperidine rings is 3. The van der Waals surface area contributed by atoms with E-state index in [1.54, 1.807) is 13.2 Å². The molecule has 2 aromatic carbocycles. The molecule has 1 amide bonds. The molecular weight excluding hydrogens is 447 g/mol. The van der Waals surface area contributed by atoms with Crippen molar-refractivity contribution in [1.29, 1.82) is 0 Å². The Labute approximate surface area is 206 Å². The SMILES string of the molecule is COc1c(C)cc(-c2cc3c(cc2F)C(NC(=O)O[C@H]2CN4CCC2CC4)C(C)(C)CO3)cc1C. The number of hydrogen-bond donors (Lipinski definition) is 1. The highest BCUT2D eigenvalue weighted by Gasteiger charge is 2.41. The fraction of sp³-hybridized carbons (Fsp3) is 0.536. The molecule has 2 atom stereocenters. The highest BCUT2D eigenvalue weighted by molar-refractivity contribution is 5.72. The molecule has 4 aliphatic heterocycles. The van der Waals surface area contributed by atoms with Gasteiger partial charge in [0, 0.05) is 23.1 Å². The minimum atomic E-state index is -0.444. The number of aryl methyl sites for hydroxylation is 2. The van der Waals surface area contributed by atoms with E-state index in [-0.39, 0.29) is 11.9 Å². The van der Waals surface area contributed by atoms with Crippen LogP contribution in [-0.4, -0.2) is 50.4 Å². The number of fused-ring (bicyclic) bond motifs is 4. The maximum Gasteiger partial charge on any atom is 0.407 e. The fourth-order valence-electron chi connectivity index (χ4n) is 5.94. The van der Waals surface area contributed by atoms with Crippen LogP contribution in [0.4, 0.5) is 9.18 Å². The molecule has 7 heteroatoms. The van der Waals surface area contributed by atoms with E-state index in [9.17, 15) is 4.79 Å². The van der Waals surface area contributed by atoms with Crippen LogP contribution in [-0.2, 0) is 4.74 Å². The molecule has 0 spiro atoms. The Bertz CT molecular complexity index is 1120. The maximum absolute atomic E-state index is 15.5. The number of benzene rings is 2. The van der Waals surface area contributed by atoms with Gasteiger partial charge in [-0.1, -0.05) is 13.8 Å². The minimum Gasteiger partial charge on any atom is -0.496 e. The Morgan fingerprint density at radius 2 is 1.83 bits per heavy atom. The number of amides is 1. The zero-order valence-corrected chi connectivity index (χ0v) is 21.2. The summed E-state index contributed by atoms with van der Waals surface area (Å²) in [6, 6.07) is 6.66. The highest BCUT2D eigenvalue weighted by atomic mass is 19.1. The van der Waals surface area contributed by atoms with Gasteiger partial charge in [-0.2, -0.15) is 0 Å². The normalized spacial score (nSPS) is 26.5. The van der Waals surface area contributed by atoms with Crippen molar-refractivity contribution in [2.24, 2.45) is 11.3 Å². The molecule has 6 rings (SSSR count). The smallest absolute Gasteiger partial charge is 0.407 e. The van der Waals surface area contributed by atoms with Crippen LogP contribution in [0.5, 0.6) is 11.5 Å². The molecule has 0 radical (unpaired) electrons. The monoisotopic (exact) mass is 482 g/mol. The molecule has 2 aromatic rings. The topological polar surface area (TPSA) is 60.0 Å². The molecular formula is C28H35FN2O4. The first-order valence-corrected chi connectivity index (χ1v) is 12.5. The summed E-state index contributed by atoms with van der Waals surface area (Å²) in [5, 5.41) is 3.05. The molecule has 3 saturated heterocycles. The van der Waals surface area contributed by atoms with Gasteiger partial charge >= 0.3 is 6.09 Å². The lowest BCUT2D eigenvalue weighted by atomic mass is 9.78. The Hall–Kier alpha value is -2.80. The maximum atomic E-state index is 15.5. The standard InChI is InChI=1S/C28H35FN2O4/c1-16-10-19(11-17(2)25(16)33-5)20-13-23-21(12-22(20)29)26(28(3,4)15-34-23)30-27(32)35-24-14-31-8-6-18(24)7-9-31/h10-13,18,24,26H,6-9,14-15H2,1-5H3,(H,30,32)/t24-,26?/m0/s1. The van der Waals surface area contributed by atoms with Crippen LogP contribution in [0, 0.1) is 31.0 Å². The first kappa shape index (κ1) is 23.9. The number of nitrogens with zero attached hydrogens (tertiary/aromatic N) is 1. The van der Waals surface area contributed by atoms with Crippen LogP contribution in [0.25, 0.3) is 11.1 Å². The second-order valence-corrected chi connectivity index (χ2v) is 10.9. The number of alkyl carbamates (subject to hydrolysis) is 1. The third-order valence-corrected chi connectivity index (χ3v) is 7.88. The van der Waals surface area contributed by atoms with E-state index < -0.39 is 17.6 Å². The second kappa shape index (κ2) is 9.01. The van der Waals surface area contributed by atoms with Gasteiger partial charge in [-0.05, 0) is 86.7 Å². The van der Waals surface area contributed by atoms with Crippen molar-refractivity contribution in [3.05, 3.63) is 46.8 Å². The largest absolute Gasteiger partial charge is 0.496 e. The van der Waals surface area contributed by atoms with E-state index in [0.717, 1.165) is 54.9 Å². The molecule has 0 aliphatic carbocycles. The summed E-state index contributed by atoms with van der Waals surface area (Å²) < 4.78 is 32.9. The van der Waals surface area contributed by atoms with E-state index in [4.69, 9.17) is 14.2 Å². The van der Waals surface area contributed by atoms with Crippen molar-refractivity contribution in [3.8, 4) is 22.6 Å². The third kappa shape index (κ3) is 4.46. The number of nitrogens with one attached hydrogen (secondary N) is 1. The predicted octanol–water partition coefficient (Wildman–Crippen LogP) is 5.40. The molecule has 0 saturated carbocycles. The minimum absolute atomic E-state index is 0.0828. The van der Waals surface area contributed by atoms with Crippen LogP contribution in [0.1, 0.15) is 49.4 Å². The number of carbonyl (C=O) groups is 1. The zero-order valence-electron chi connectivity index (χ0n) is 21.2. The average Bonchev–Trinajstić information content (AvgIpc) is 2.81. The van der Waals surface area contributed by atoms with Crippen molar-refractivity contribution in [2.75, 3.05) is 33.4 Å². The van der Waals surface area contributed by atoms with Crippen LogP contribution < -0.4 is 14.8 Å². The first-order valence-electron chi connectivity index (χ1n) is 12.5. The van der Waals surface area contributed by atoms with Gasteiger partial charge in [-0.3, -0.25) is 4.90 Å². The lowest BCUT2D eigenvalue weighted by molar-refractivity contribution is -0.0361. The van der Waals surface area contributed by atoms with Gasteiger partial charge in [0.05, 0.1) is 19.8 Å². The summed E-state index contributed by atoms with van der Waals surface area (Å²) in [6.07, 6.45) is 1.62. The quantitative estimate of drug-likeness (QED) is 0.633. The van der Waals surface area contributed by atoms with Crippen molar-refractivity contribution < 1.29 is 23.4 Å². The molecule has 6 nitrogen and oxygen atoms in total. The number of halogens is 1. The summed E-state index contributed by atoms with van der Waals surface area (Å²) in [6.45, 7) is 11.3. The Morgan fingerprint density at radius 3 is 2.43 bits per heavy atom. The second-order valence-electron chi connectivity index (χ2n) is 10.9. The van der Waals surface area contributed by atoms with Gasteiger partial charge in [-0.25, -0.2) is 9.18 Å². The number of carbonyl (C=O) groups excluding carboxylic acids is 1. The zero-order chi connectivity index (χ0) is 24.9. The summed E-state index contributed by atoms with van der Waals surface area (Å²) in [5.41, 5.74) is 3.32. The van der Waals surface area contributed by atoms with Crippen molar-refractivity contribution in [1.82, 2.24) is 10.2 Å². The third-order valence-electron chi connectivity index (χ3n) is 7.88. The Kier molecular flexibility index (Phi) is 6.16. The molecule has 1 unspecified atom stereocenters. The summed E-state index contributed by atoms with van der Waals surface area (Å²) in [4.78, 5) is 15.3. The molecule has 35 heavy (non-hydrogen) atoms. The lowest BCUT2D eigenvalue weighted by Gasteiger charge is -2.44. The summed E-state index contributed by atoms with van der Waals surface area (Å²) >= 11 is 0. The molecule has 4 heterocycles. The van der Waals surface area contributed by atoms with Gasteiger partial charge in [-0.15, -0.1) is 0 Å². The average molecular weight is 483 g/mol. The first-order chi connectivity index (χ1) is 16.7. The fourth-order valence-corrected chi connectivity index (χ4v) is 5.94. The predicted molar refractivity (Wildman–Crippen MR) is 132 cm³/mol. The van der Waals surface area contributed by atoms with E-state index in [2.05, 4.69) is 10.2 Å². The molecule has 188 valence electrons. The van der Waals surface area contributed by atoms with Crippen molar-refractivity contribution in [3.63, 3.8) is 0 Å². The summed E-state index contributed by atoms with van der Waals surface area (Å²) in [7, 11) is 1.64. The van der Waals surface area contributed by atoms with Gasteiger partial charge in [0.1, 0.15) is 23.4 Å². The van der Waals surface area contributed by atoms with E-state index >= 15 is 4.39 Å². The van der Waals surface area contributed by atoms with Crippen LogP contribution >= 0.6 is 0 Å². The van der Waals surface area contributed by atoms with Gasteiger partial charge in [0.15, 0.2) is 0 Å². The highest BCUT2D eigenvalue weighted by Crippen LogP contribution is 2.45. The number of rotatable bonds is 4. The van der Waals surface area contributed by atoms with Crippen molar-refractivity contribution in [2.45, 2.75) is 52.7 Å². The molecule has 2 bridgehead atoms. The lowest BCUT2D eigenvalue weighted by Crippen LogP contribution is -2.53. The summed E-state index contributed by atoms with van der Waals surface area (Å²) in [5.74, 6) is 1.46. The molecule has 3 fully saturated rings. The Morgan fingerprint density at radius 1 is 1.14 bits per heavy atom. The number of methoxy groups -OCH3 is 1. The van der Waals surface area contributed by atoms with Crippen LogP contribution in [0.15, 0.2) is 24.3 Å². The van der Waals surface area contributed by atoms with Gasteiger partial charge < -0.3 is 19.5 Å². The van der Waals surface area contributed by atoms with Crippen LogP contribution in [0.2, 0.25) is 0 Å². The van der Waals surface area contributed by atoms with Gasteiger partial charge in [0.25, 0.3) is 0 Å².